The fourth-order valence-electron chi connectivity index (χ4n) is 2.09. The lowest BCUT2D eigenvalue weighted by Crippen LogP contribution is -2.24. The van der Waals surface area contributed by atoms with Crippen molar-refractivity contribution in [2.75, 3.05) is 6.54 Å². The number of aliphatic hydroxyl groups excluding tert-OH is 1. The molecule has 0 unspecified atom stereocenters. The minimum Gasteiger partial charge on any atom is -0.445 e. The van der Waals surface area contributed by atoms with Crippen molar-refractivity contribution in [1.29, 1.82) is 0 Å². The molecule has 0 radical (unpaired) electrons. The molecular formula is C20H21NO3. The maximum atomic E-state index is 11.6. The largest absolute Gasteiger partial charge is 0.445 e. The highest BCUT2D eigenvalue weighted by Crippen LogP contribution is 2.10. The molecule has 2 rings (SSSR count). The van der Waals surface area contributed by atoms with Gasteiger partial charge in [0.05, 0.1) is 6.61 Å². The summed E-state index contributed by atoms with van der Waals surface area (Å²) in [5.41, 5.74) is 3.73. The molecule has 2 aromatic carbocycles. The molecule has 0 saturated heterocycles. The molecule has 1 amide bonds. The highest BCUT2D eigenvalue weighted by molar-refractivity contribution is 5.67. The van der Waals surface area contributed by atoms with E-state index < -0.39 is 6.09 Å². The molecule has 2 aromatic rings. The number of aryl methyl sites for hydroxylation is 1. The molecule has 0 spiro atoms. The van der Waals surface area contributed by atoms with Gasteiger partial charge in [0, 0.05) is 18.5 Å². The van der Waals surface area contributed by atoms with E-state index in [4.69, 9.17) is 4.74 Å². The van der Waals surface area contributed by atoms with E-state index in [2.05, 4.69) is 17.2 Å². The van der Waals surface area contributed by atoms with Crippen molar-refractivity contribution in [1.82, 2.24) is 5.32 Å². The predicted molar refractivity (Wildman–Crippen MR) is 93.2 cm³/mol. The van der Waals surface area contributed by atoms with Crippen LogP contribution in [0.1, 0.15) is 28.7 Å². The van der Waals surface area contributed by atoms with E-state index in [1.54, 1.807) is 0 Å². The standard InChI is InChI=1S/C20H21NO3/c1-16-10-11-17(13-19(16)14-22)7-5-6-12-21-20(23)24-15-18-8-3-2-4-9-18/h2-4,8-11,13,22H,6,12,14-15H2,1H3,(H,21,23). The number of hydrogen-bond donors (Lipinski definition) is 2. The average Bonchev–Trinajstić information content (AvgIpc) is 2.62. The van der Waals surface area contributed by atoms with Crippen molar-refractivity contribution < 1.29 is 14.6 Å². The molecule has 0 saturated carbocycles. The molecule has 4 nitrogen and oxygen atoms in total. The van der Waals surface area contributed by atoms with E-state index in [-0.39, 0.29) is 13.2 Å². The number of alkyl carbamates (subject to hydrolysis) is 1. The Morgan fingerprint density at radius 1 is 1.21 bits per heavy atom. The van der Waals surface area contributed by atoms with Gasteiger partial charge in [0.15, 0.2) is 0 Å². The van der Waals surface area contributed by atoms with Crippen molar-refractivity contribution in [2.45, 2.75) is 26.6 Å². The van der Waals surface area contributed by atoms with Crippen molar-refractivity contribution in [2.24, 2.45) is 0 Å². The van der Waals surface area contributed by atoms with Crippen LogP contribution in [-0.2, 0) is 18.0 Å². The number of rotatable bonds is 5. The summed E-state index contributed by atoms with van der Waals surface area (Å²) in [6, 6.07) is 15.3. The summed E-state index contributed by atoms with van der Waals surface area (Å²) in [5.74, 6) is 6.02. The van der Waals surface area contributed by atoms with Gasteiger partial charge in [-0.2, -0.15) is 0 Å². The molecule has 0 heterocycles. The molecule has 0 bridgehead atoms. The maximum absolute atomic E-state index is 11.6. The molecule has 0 aliphatic heterocycles. The second kappa shape index (κ2) is 9.39. The molecule has 124 valence electrons. The van der Waals surface area contributed by atoms with Crippen LogP contribution in [0.25, 0.3) is 0 Å². The summed E-state index contributed by atoms with van der Waals surface area (Å²) in [7, 11) is 0. The first-order chi connectivity index (χ1) is 11.7. The molecule has 0 atom stereocenters. The molecule has 0 fully saturated rings. The van der Waals surface area contributed by atoms with Crippen LogP contribution in [0.5, 0.6) is 0 Å². The monoisotopic (exact) mass is 323 g/mol. The smallest absolute Gasteiger partial charge is 0.407 e. The molecule has 0 aliphatic rings. The lowest BCUT2D eigenvalue weighted by Gasteiger charge is -2.05. The van der Waals surface area contributed by atoms with E-state index in [1.165, 1.54) is 0 Å². The number of amides is 1. The van der Waals surface area contributed by atoms with Gasteiger partial charge < -0.3 is 15.2 Å². The maximum Gasteiger partial charge on any atom is 0.407 e. The van der Waals surface area contributed by atoms with Crippen LogP contribution < -0.4 is 5.32 Å². The van der Waals surface area contributed by atoms with Gasteiger partial charge in [-0.25, -0.2) is 4.79 Å². The van der Waals surface area contributed by atoms with Crippen molar-refractivity contribution in [3.8, 4) is 11.8 Å². The Hall–Kier alpha value is -2.77. The van der Waals surface area contributed by atoms with Gasteiger partial charge in [0.1, 0.15) is 6.61 Å². The highest BCUT2D eigenvalue weighted by Gasteiger charge is 2.01. The SMILES string of the molecule is Cc1ccc(C#CCCNC(=O)OCc2ccccc2)cc1CO. The third-order valence-corrected chi connectivity index (χ3v) is 3.48. The zero-order valence-electron chi connectivity index (χ0n) is 13.7. The Bertz CT molecular complexity index is 730. The quantitative estimate of drug-likeness (QED) is 0.656. The van der Waals surface area contributed by atoms with Crippen LogP contribution in [0.3, 0.4) is 0 Å². The van der Waals surface area contributed by atoms with Gasteiger partial charge in [0.2, 0.25) is 0 Å². The molecular weight excluding hydrogens is 302 g/mol. The Morgan fingerprint density at radius 2 is 2.00 bits per heavy atom. The minimum atomic E-state index is -0.446. The number of benzene rings is 2. The second-order valence-electron chi connectivity index (χ2n) is 5.34. The first-order valence-electron chi connectivity index (χ1n) is 7.83. The fourth-order valence-corrected chi connectivity index (χ4v) is 2.09. The van der Waals surface area contributed by atoms with Crippen LogP contribution in [-0.4, -0.2) is 17.7 Å². The van der Waals surface area contributed by atoms with E-state index in [1.807, 2.05) is 55.5 Å². The Kier molecular flexibility index (Phi) is 6.88. The first-order valence-corrected chi connectivity index (χ1v) is 7.83. The lowest BCUT2D eigenvalue weighted by molar-refractivity contribution is 0.140. The molecule has 0 aliphatic carbocycles. The van der Waals surface area contributed by atoms with Crippen molar-refractivity contribution >= 4 is 6.09 Å². The summed E-state index contributed by atoms with van der Waals surface area (Å²) in [5, 5.41) is 11.9. The number of ether oxygens (including phenoxy) is 1. The Labute approximate surface area is 142 Å². The van der Waals surface area contributed by atoms with Crippen LogP contribution in [0.15, 0.2) is 48.5 Å². The third-order valence-electron chi connectivity index (χ3n) is 3.48. The zero-order chi connectivity index (χ0) is 17.2. The summed E-state index contributed by atoms with van der Waals surface area (Å²) in [4.78, 5) is 11.6. The minimum absolute atomic E-state index is 0.0101. The van der Waals surface area contributed by atoms with Gasteiger partial charge in [-0.05, 0) is 35.7 Å². The summed E-state index contributed by atoms with van der Waals surface area (Å²) in [6.45, 7) is 2.65. The van der Waals surface area contributed by atoms with Crippen LogP contribution in [0.4, 0.5) is 4.79 Å². The molecule has 4 heteroatoms. The number of carbonyl (C=O) groups excluding carboxylic acids is 1. The van der Waals surface area contributed by atoms with Crippen molar-refractivity contribution in [3.05, 3.63) is 70.8 Å². The number of aliphatic hydroxyl groups is 1. The van der Waals surface area contributed by atoms with Crippen LogP contribution in [0.2, 0.25) is 0 Å². The van der Waals surface area contributed by atoms with Crippen LogP contribution >= 0.6 is 0 Å². The first kappa shape index (κ1) is 17.6. The Morgan fingerprint density at radius 3 is 2.75 bits per heavy atom. The number of hydrogen-bond acceptors (Lipinski definition) is 3. The van der Waals surface area contributed by atoms with E-state index in [0.717, 1.165) is 22.3 Å². The zero-order valence-corrected chi connectivity index (χ0v) is 13.7. The summed E-state index contributed by atoms with van der Waals surface area (Å²) >= 11 is 0. The van der Waals surface area contributed by atoms with Gasteiger partial charge in [-0.3, -0.25) is 0 Å². The molecule has 24 heavy (non-hydrogen) atoms. The second-order valence-corrected chi connectivity index (χ2v) is 5.34. The van der Waals surface area contributed by atoms with Gasteiger partial charge in [-0.1, -0.05) is 48.2 Å². The summed E-state index contributed by atoms with van der Waals surface area (Å²) < 4.78 is 5.11. The van der Waals surface area contributed by atoms with Gasteiger partial charge >= 0.3 is 6.09 Å². The van der Waals surface area contributed by atoms with Gasteiger partial charge in [0.25, 0.3) is 0 Å². The molecule has 2 N–H and O–H groups in total. The normalized spacial score (nSPS) is 9.75. The topological polar surface area (TPSA) is 58.6 Å². The van der Waals surface area contributed by atoms with Crippen LogP contribution in [0, 0.1) is 18.8 Å². The lowest BCUT2D eigenvalue weighted by atomic mass is 10.1. The predicted octanol–water partition coefficient (Wildman–Crippen LogP) is 3.16. The Balaban J connectivity index is 1.70. The average molecular weight is 323 g/mol. The number of nitrogens with one attached hydrogen (secondary N) is 1. The highest BCUT2D eigenvalue weighted by atomic mass is 16.5. The third kappa shape index (κ3) is 5.79. The summed E-state index contributed by atoms with van der Waals surface area (Å²) in [6.07, 6.45) is 0.0847. The fraction of sp³-hybridized carbons (Fsp3) is 0.250. The van der Waals surface area contributed by atoms with E-state index >= 15 is 0 Å². The molecule has 0 aromatic heterocycles. The number of carbonyl (C=O) groups is 1. The van der Waals surface area contributed by atoms with Gasteiger partial charge in [-0.15, -0.1) is 0 Å². The van der Waals surface area contributed by atoms with E-state index in [9.17, 15) is 9.90 Å². The van der Waals surface area contributed by atoms with Crippen molar-refractivity contribution in [3.63, 3.8) is 0 Å². The van der Waals surface area contributed by atoms with E-state index in [0.29, 0.717) is 13.0 Å².